The second-order valence-electron chi connectivity index (χ2n) is 4.09. The van der Waals surface area contributed by atoms with Crippen molar-refractivity contribution in [2.24, 2.45) is 0 Å². The Morgan fingerprint density at radius 3 is 2.41 bits per heavy atom. The Bertz CT molecular complexity index is 491. The van der Waals surface area contributed by atoms with E-state index in [1.165, 1.54) is 18.4 Å². The molecule has 0 aliphatic heterocycles. The molecule has 6 nitrogen and oxygen atoms in total. The third kappa shape index (κ3) is 2.67. The van der Waals surface area contributed by atoms with Gasteiger partial charge in [0.1, 0.15) is 4.90 Å². The van der Waals surface area contributed by atoms with Gasteiger partial charge in [-0.2, -0.15) is 5.10 Å². The summed E-state index contributed by atoms with van der Waals surface area (Å²) in [4.78, 5) is 0.264. The summed E-state index contributed by atoms with van der Waals surface area (Å²) in [6, 6.07) is 0. The average molecular weight is 261 g/mol. The minimum absolute atomic E-state index is 0.0636. The fraction of sp³-hybridized carbons (Fsp3) is 0.700. The molecule has 1 N–H and O–H groups in total. The monoisotopic (exact) mass is 261 g/mol. The largest absolute Gasteiger partial charge is 0.396 e. The Morgan fingerprint density at radius 2 is 1.94 bits per heavy atom. The SMILES string of the molecule is Cc1nn(CCCO)c(C)c1S(=O)(=O)N(C)C. The van der Waals surface area contributed by atoms with Crippen LogP contribution in [0.1, 0.15) is 17.8 Å². The molecule has 0 bridgehead atoms. The first-order valence-electron chi connectivity index (χ1n) is 5.39. The lowest BCUT2D eigenvalue weighted by atomic mass is 10.4. The Balaban J connectivity index is 3.23. The third-order valence-corrected chi connectivity index (χ3v) is 4.65. The number of aromatic nitrogens is 2. The van der Waals surface area contributed by atoms with E-state index in [4.69, 9.17) is 5.11 Å². The zero-order valence-corrected chi connectivity index (χ0v) is 11.5. The molecule has 0 amide bonds. The highest BCUT2D eigenvalue weighted by molar-refractivity contribution is 7.89. The molecule has 0 saturated heterocycles. The first-order chi connectivity index (χ1) is 7.82. The molecule has 0 aliphatic rings. The third-order valence-electron chi connectivity index (χ3n) is 2.58. The fourth-order valence-corrected chi connectivity index (χ4v) is 2.93. The lowest BCUT2D eigenvalue weighted by Gasteiger charge is -2.11. The van der Waals surface area contributed by atoms with Crippen LogP contribution in [0.15, 0.2) is 4.90 Å². The van der Waals surface area contributed by atoms with Crippen molar-refractivity contribution in [3.63, 3.8) is 0 Å². The highest BCUT2D eigenvalue weighted by atomic mass is 32.2. The molecule has 1 aromatic rings. The molecule has 0 atom stereocenters. The molecule has 0 radical (unpaired) electrons. The Labute approximate surface area is 102 Å². The van der Waals surface area contributed by atoms with Gasteiger partial charge in [-0.05, 0) is 20.3 Å². The van der Waals surface area contributed by atoms with E-state index >= 15 is 0 Å². The molecular weight excluding hydrogens is 242 g/mol. The van der Waals surface area contributed by atoms with Gasteiger partial charge < -0.3 is 5.11 Å². The van der Waals surface area contributed by atoms with Gasteiger partial charge in [0.2, 0.25) is 10.0 Å². The van der Waals surface area contributed by atoms with Gasteiger partial charge >= 0.3 is 0 Å². The van der Waals surface area contributed by atoms with Gasteiger partial charge in [-0.3, -0.25) is 4.68 Å². The molecule has 0 aromatic carbocycles. The van der Waals surface area contributed by atoms with E-state index in [1.807, 2.05) is 0 Å². The van der Waals surface area contributed by atoms with E-state index in [0.29, 0.717) is 24.4 Å². The zero-order chi connectivity index (χ0) is 13.2. The van der Waals surface area contributed by atoms with E-state index < -0.39 is 10.0 Å². The number of aryl methyl sites for hydroxylation is 2. The van der Waals surface area contributed by atoms with Crippen LogP contribution in [0.2, 0.25) is 0 Å². The van der Waals surface area contributed by atoms with Gasteiger partial charge in [-0.25, -0.2) is 12.7 Å². The highest BCUT2D eigenvalue weighted by Crippen LogP contribution is 2.21. The fourth-order valence-electron chi connectivity index (χ4n) is 1.67. The first-order valence-corrected chi connectivity index (χ1v) is 6.83. The number of nitrogens with zero attached hydrogens (tertiary/aromatic N) is 3. The number of aliphatic hydroxyl groups is 1. The minimum Gasteiger partial charge on any atom is -0.396 e. The molecule has 98 valence electrons. The van der Waals surface area contributed by atoms with Crippen LogP contribution >= 0.6 is 0 Å². The molecule has 17 heavy (non-hydrogen) atoms. The number of aliphatic hydroxyl groups excluding tert-OH is 1. The van der Waals surface area contributed by atoms with E-state index in [-0.39, 0.29) is 11.5 Å². The zero-order valence-electron chi connectivity index (χ0n) is 10.6. The van der Waals surface area contributed by atoms with E-state index in [1.54, 1.807) is 18.5 Å². The lowest BCUT2D eigenvalue weighted by Crippen LogP contribution is -2.23. The molecule has 0 fully saturated rings. The van der Waals surface area contributed by atoms with Crippen molar-refractivity contribution in [2.45, 2.75) is 31.7 Å². The number of hydrogen-bond donors (Lipinski definition) is 1. The van der Waals surface area contributed by atoms with Gasteiger partial charge in [0.05, 0.1) is 11.4 Å². The van der Waals surface area contributed by atoms with Crippen LogP contribution in [0.3, 0.4) is 0 Å². The second-order valence-corrected chi connectivity index (χ2v) is 6.18. The van der Waals surface area contributed by atoms with Crippen molar-refractivity contribution in [1.29, 1.82) is 0 Å². The van der Waals surface area contributed by atoms with Gasteiger partial charge in [-0.1, -0.05) is 0 Å². The van der Waals surface area contributed by atoms with Crippen LogP contribution in [0.25, 0.3) is 0 Å². The molecule has 0 aliphatic carbocycles. The van der Waals surface area contributed by atoms with Crippen molar-refractivity contribution in [1.82, 2.24) is 14.1 Å². The van der Waals surface area contributed by atoms with Crippen molar-refractivity contribution in [3.8, 4) is 0 Å². The van der Waals surface area contributed by atoms with Crippen molar-refractivity contribution in [2.75, 3.05) is 20.7 Å². The minimum atomic E-state index is -3.45. The van der Waals surface area contributed by atoms with E-state index in [2.05, 4.69) is 5.10 Å². The van der Waals surface area contributed by atoms with Crippen LogP contribution in [0.5, 0.6) is 0 Å². The summed E-state index contributed by atoms with van der Waals surface area (Å²) in [5, 5.41) is 13.0. The van der Waals surface area contributed by atoms with Crippen molar-refractivity contribution >= 4 is 10.0 Å². The topological polar surface area (TPSA) is 75.4 Å². The molecule has 7 heteroatoms. The molecule has 1 aromatic heterocycles. The average Bonchev–Trinajstić information content (AvgIpc) is 2.51. The predicted octanol–water partition coefficient (Wildman–Crippen LogP) is 0.133. The van der Waals surface area contributed by atoms with Gasteiger partial charge in [0, 0.05) is 27.2 Å². The maximum atomic E-state index is 12.1. The normalized spacial score (nSPS) is 12.4. The second kappa shape index (κ2) is 5.16. The molecular formula is C10H19N3O3S. The summed E-state index contributed by atoms with van der Waals surface area (Å²) in [5.41, 5.74) is 1.11. The maximum absolute atomic E-state index is 12.1. The Hall–Kier alpha value is -0.920. The van der Waals surface area contributed by atoms with E-state index in [0.717, 1.165) is 0 Å². The summed E-state index contributed by atoms with van der Waals surface area (Å²) < 4.78 is 27.0. The summed E-state index contributed by atoms with van der Waals surface area (Å²) in [6.45, 7) is 3.99. The maximum Gasteiger partial charge on any atom is 0.246 e. The molecule has 0 spiro atoms. The summed E-state index contributed by atoms with van der Waals surface area (Å²) in [5.74, 6) is 0. The van der Waals surface area contributed by atoms with Crippen LogP contribution in [0, 0.1) is 13.8 Å². The highest BCUT2D eigenvalue weighted by Gasteiger charge is 2.26. The first kappa shape index (κ1) is 14.1. The quantitative estimate of drug-likeness (QED) is 0.817. The summed E-state index contributed by atoms with van der Waals surface area (Å²) in [7, 11) is -0.456. The lowest BCUT2D eigenvalue weighted by molar-refractivity contribution is 0.276. The molecule has 1 heterocycles. The van der Waals surface area contributed by atoms with Gasteiger partial charge in [0.25, 0.3) is 0 Å². The van der Waals surface area contributed by atoms with Gasteiger partial charge in [-0.15, -0.1) is 0 Å². The van der Waals surface area contributed by atoms with Crippen LogP contribution in [-0.4, -0.2) is 48.3 Å². The smallest absolute Gasteiger partial charge is 0.246 e. The summed E-state index contributed by atoms with van der Waals surface area (Å²) >= 11 is 0. The molecule has 0 unspecified atom stereocenters. The predicted molar refractivity (Wildman–Crippen MR) is 64.3 cm³/mol. The van der Waals surface area contributed by atoms with Crippen LogP contribution < -0.4 is 0 Å². The Kier molecular flexibility index (Phi) is 4.29. The van der Waals surface area contributed by atoms with Gasteiger partial charge in [0.15, 0.2) is 0 Å². The van der Waals surface area contributed by atoms with Crippen LogP contribution in [-0.2, 0) is 16.6 Å². The van der Waals surface area contributed by atoms with E-state index in [9.17, 15) is 8.42 Å². The number of hydrogen-bond acceptors (Lipinski definition) is 4. The Morgan fingerprint density at radius 1 is 1.35 bits per heavy atom. The standard InChI is InChI=1S/C10H19N3O3S/c1-8-10(17(15,16)12(3)4)9(2)13(11-8)6-5-7-14/h14H,5-7H2,1-4H3. The van der Waals surface area contributed by atoms with Crippen molar-refractivity contribution < 1.29 is 13.5 Å². The number of sulfonamides is 1. The molecule has 0 saturated carbocycles. The molecule has 1 rings (SSSR count). The number of rotatable bonds is 5. The van der Waals surface area contributed by atoms with Crippen molar-refractivity contribution in [3.05, 3.63) is 11.4 Å². The van der Waals surface area contributed by atoms with Crippen LogP contribution in [0.4, 0.5) is 0 Å². The summed E-state index contributed by atoms with van der Waals surface area (Å²) in [6.07, 6.45) is 0.559.